The zero-order valence-corrected chi connectivity index (χ0v) is 26.4. The maximum atomic E-state index is 14.0. The molecule has 2 saturated heterocycles. The molecule has 242 valence electrons. The predicted octanol–water partition coefficient (Wildman–Crippen LogP) is 3.44. The molecule has 0 aliphatic carbocycles. The number of rotatable bonds is 9. The number of nitrogens with zero attached hydrogens (tertiary/aromatic N) is 8. The Labute approximate surface area is 267 Å². The van der Waals surface area contributed by atoms with Crippen molar-refractivity contribution in [2.45, 2.75) is 32.0 Å². The van der Waals surface area contributed by atoms with E-state index in [0.717, 1.165) is 36.4 Å². The number of benzene rings is 1. The van der Waals surface area contributed by atoms with Crippen LogP contribution in [-0.2, 0) is 9.57 Å². The molecule has 2 aliphatic heterocycles. The maximum absolute atomic E-state index is 14.0. The van der Waals surface area contributed by atoms with Crippen LogP contribution in [0.4, 0.5) is 21.0 Å². The number of hydrogen-bond acceptors (Lipinski definition) is 10. The van der Waals surface area contributed by atoms with Crippen LogP contribution in [0, 0.1) is 12.9 Å². The van der Waals surface area contributed by atoms with E-state index in [9.17, 15) is 9.18 Å². The van der Waals surface area contributed by atoms with Gasteiger partial charge in [-0.1, -0.05) is 18.2 Å². The third-order valence-corrected chi connectivity index (χ3v) is 8.32. The maximum Gasteiger partial charge on any atom is 0.320 e. The van der Waals surface area contributed by atoms with Gasteiger partial charge in [0.15, 0.2) is 0 Å². The van der Waals surface area contributed by atoms with Gasteiger partial charge in [-0.2, -0.15) is 14.6 Å². The van der Waals surface area contributed by atoms with Gasteiger partial charge in [0.25, 0.3) is 0 Å². The van der Waals surface area contributed by atoms with Gasteiger partial charge in [-0.05, 0) is 50.7 Å². The van der Waals surface area contributed by atoms with Crippen LogP contribution in [0.15, 0.2) is 61.1 Å². The average molecular weight is 631 g/mol. The van der Waals surface area contributed by atoms with Gasteiger partial charge in [0.2, 0.25) is 11.9 Å². The molecule has 0 bridgehead atoms. The molecule has 13 nitrogen and oxygen atoms in total. The van der Waals surface area contributed by atoms with E-state index in [4.69, 9.17) is 24.6 Å². The first kappa shape index (κ1) is 31.5. The molecule has 5 heterocycles. The van der Waals surface area contributed by atoms with Crippen LogP contribution in [0.5, 0.6) is 0 Å². The summed E-state index contributed by atoms with van der Waals surface area (Å²) in [6.07, 6.45) is 4.33. The van der Waals surface area contributed by atoms with Gasteiger partial charge in [-0.25, -0.2) is 24.4 Å². The number of hydrogen-bond donors (Lipinski definition) is 2. The van der Waals surface area contributed by atoms with E-state index in [2.05, 4.69) is 39.4 Å². The molecular weight excluding hydrogens is 591 g/mol. The third kappa shape index (κ3) is 6.84. The number of pyridine rings is 1. The Hall–Kier alpha value is -4.50. The third-order valence-electron chi connectivity index (χ3n) is 8.32. The number of piperazine rings is 1. The number of carbonyl (C=O) groups excluding carboxylic acids is 1. The van der Waals surface area contributed by atoms with Gasteiger partial charge in [0.05, 0.1) is 18.3 Å². The SMILES string of the molecule is COCCN1C[C@@H](NC(=O)Nc2c(C)c(-c3cnc(N4CCN(C)C[C@H]4C)nc3)nn2-c2ccccc2)[C@H](c2ccnc(F)c2)O1. The summed E-state index contributed by atoms with van der Waals surface area (Å²) in [6, 6.07) is 11.9. The molecule has 3 aromatic heterocycles. The minimum Gasteiger partial charge on any atom is -0.383 e. The summed E-state index contributed by atoms with van der Waals surface area (Å²) < 4.78 is 20.9. The first-order valence-corrected chi connectivity index (χ1v) is 15.3. The zero-order valence-electron chi connectivity index (χ0n) is 26.4. The number of methoxy groups -OCH3 is 1. The number of urea groups is 1. The Morgan fingerprint density at radius 3 is 2.61 bits per heavy atom. The van der Waals surface area contributed by atoms with Crippen molar-refractivity contribution in [1.82, 2.24) is 40.0 Å². The number of amides is 2. The van der Waals surface area contributed by atoms with Gasteiger partial charge in [0.1, 0.15) is 17.6 Å². The molecule has 0 spiro atoms. The number of anilines is 2. The van der Waals surface area contributed by atoms with E-state index in [1.165, 1.54) is 12.3 Å². The molecule has 46 heavy (non-hydrogen) atoms. The van der Waals surface area contributed by atoms with Gasteiger partial charge in [-0.3, -0.25) is 10.2 Å². The van der Waals surface area contributed by atoms with Crippen molar-refractivity contribution in [3.8, 4) is 16.9 Å². The second kappa shape index (κ2) is 13.9. The van der Waals surface area contributed by atoms with Gasteiger partial charge >= 0.3 is 6.03 Å². The largest absolute Gasteiger partial charge is 0.383 e. The number of nitrogens with one attached hydrogen (secondary N) is 2. The fraction of sp³-hybridized carbons (Fsp3) is 0.406. The van der Waals surface area contributed by atoms with Crippen LogP contribution >= 0.6 is 0 Å². The minimum absolute atomic E-state index is 0.299. The Kier molecular flexibility index (Phi) is 9.49. The molecule has 6 rings (SSSR count). The Bertz CT molecular complexity index is 1640. The summed E-state index contributed by atoms with van der Waals surface area (Å²) >= 11 is 0. The van der Waals surface area contributed by atoms with Crippen molar-refractivity contribution in [2.24, 2.45) is 0 Å². The smallest absolute Gasteiger partial charge is 0.320 e. The molecule has 2 amide bonds. The highest BCUT2D eigenvalue weighted by atomic mass is 19.1. The zero-order chi connectivity index (χ0) is 32.2. The second-order valence-electron chi connectivity index (χ2n) is 11.7. The lowest BCUT2D eigenvalue weighted by Gasteiger charge is -2.38. The molecular formula is C32H39FN10O3. The van der Waals surface area contributed by atoms with Gasteiger partial charge in [-0.15, -0.1) is 0 Å². The topological polar surface area (TPSA) is 126 Å². The number of para-hydroxylation sites is 1. The standard InChI is InChI=1S/C32H39FN10O3/c1-21-19-40(3)12-13-42(21)31-35-17-24(18-36-31)28-22(2)30(43(39-28)25-8-6-5-7-9-25)38-32(44)37-26-20-41(14-15-45-4)46-29(26)23-10-11-34-27(33)16-23/h5-11,16-18,21,26,29H,12-15,19-20H2,1-4H3,(H2,37,38,44)/t21-,26-,29+/m1/s1. The molecule has 14 heteroatoms. The minimum atomic E-state index is -0.621. The number of ether oxygens (including phenoxy) is 1. The lowest BCUT2D eigenvalue weighted by atomic mass is 10.0. The van der Waals surface area contributed by atoms with Gasteiger partial charge < -0.3 is 19.9 Å². The lowest BCUT2D eigenvalue weighted by molar-refractivity contribution is -0.154. The highest BCUT2D eigenvalue weighted by Crippen LogP contribution is 2.32. The molecule has 4 aromatic rings. The molecule has 2 aliphatic rings. The van der Waals surface area contributed by atoms with Crippen molar-refractivity contribution in [1.29, 1.82) is 0 Å². The Morgan fingerprint density at radius 2 is 1.89 bits per heavy atom. The van der Waals surface area contributed by atoms with Crippen LogP contribution in [0.3, 0.4) is 0 Å². The molecule has 0 saturated carbocycles. The van der Waals surface area contributed by atoms with Crippen molar-refractivity contribution >= 4 is 17.8 Å². The van der Waals surface area contributed by atoms with Crippen LogP contribution in [0.1, 0.15) is 24.2 Å². The number of likely N-dealkylation sites (N-methyl/N-ethyl adjacent to an activating group) is 1. The van der Waals surface area contributed by atoms with Crippen LogP contribution in [0.25, 0.3) is 16.9 Å². The highest BCUT2D eigenvalue weighted by Gasteiger charge is 2.37. The van der Waals surface area contributed by atoms with Crippen LogP contribution < -0.4 is 15.5 Å². The van der Waals surface area contributed by atoms with Crippen LogP contribution in [0.2, 0.25) is 0 Å². The van der Waals surface area contributed by atoms with E-state index < -0.39 is 24.1 Å². The predicted molar refractivity (Wildman–Crippen MR) is 171 cm³/mol. The van der Waals surface area contributed by atoms with E-state index in [0.29, 0.717) is 48.8 Å². The van der Waals surface area contributed by atoms with Gasteiger partial charge in [0, 0.05) is 75.6 Å². The second-order valence-corrected chi connectivity index (χ2v) is 11.7. The van der Waals surface area contributed by atoms with Crippen molar-refractivity contribution < 1.29 is 18.8 Å². The Balaban J connectivity index is 1.25. The molecule has 0 radical (unpaired) electrons. The summed E-state index contributed by atoms with van der Waals surface area (Å²) in [7, 11) is 3.73. The number of aromatic nitrogens is 5. The van der Waals surface area contributed by atoms with E-state index in [1.807, 2.05) is 37.3 Å². The molecule has 2 N–H and O–H groups in total. The first-order valence-electron chi connectivity index (χ1n) is 15.3. The first-order chi connectivity index (χ1) is 22.3. The average Bonchev–Trinajstić information content (AvgIpc) is 3.60. The summed E-state index contributed by atoms with van der Waals surface area (Å²) in [6.45, 7) is 8.13. The summed E-state index contributed by atoms with van der Waals surface area (Å²) in [5.41, 5.74) is 3.48. The fourth-order valence-corrected chi connectivity index (χ4v) is 5.95. The fourth-order valence-electron chi connectivity index (χ4n) is 5.95. The van der Waals surface area contributed by atoms with Crippen molar-refractivity contribution in [2.75, 3.05) is 63.7 Å². The lowest BCUT2D eigenvalue weighted by Crippen LogP contribution is -2.51. The van der Waals surface area contributed by atoms with Crippen molar-refractivity contribution in [3.63, 3.8) is 0 Å². The summed E-state index contributed by atoms with van der Waals surface area (Å²) in [4.78, 5) is 37.3. The monoisotopic (exact) mass is 630 g/mol. The summed E-state index contributed by atoms with van der Waals surface area (Å²) in [5.74, 6) is 0.561. The Morgan fingerprint density at radius 1 is 1.11 bits per heavy atom. The number of hydroxylamine groups is 2. The molecule has 1 aromatic carbocycles. The quantitative estimate of drug-likeness (QED) is 0.266. The molecule has 0 unspecified atom stereocenters. The van der Waals surface area contributed by atoms with E-state index >= 15 is 0 Å². The normalized spacial score (nSPS) is 20.6. The van der Waals surface area contributed by atoms with Crippen molar-refractivity contribution in [3.05, 3.63) is 78.1 Å². The molecule has 2 fully saturated rings. The van der Waals surface area contributed by atoms with Crippen LogP contribution in [-0.4, -0.2) is 106 Å². The highest BCUT2D eigenvalue weighted by molar-refractivity contribution is 5.91. The number of halogens is 1. The van der Waals surface area contributed by atoms with E-state index in [-0.39, 0.29) is 0 Å². The van der Waals surface area contributed by atoms with E-state index in [1.54, 1.807) is 35.3 Å². The summed E-state index contributed by atoms with van der Waals surface area (Å²) in [5, 5.41) is 12.7. The number of carbonyl (C=O) groups is 1. The molecule has 3 atom stereocenters.